The lowest BCUT2D eigenvalue weighted by molar-refractivity contribution is -0.107. The number of benzene rings is 2. The first-order chi connectivity index (χ1) is 15.7. The molecule has 0 N–H and O–H groups in total. The molecule has 0 amide bonds. The minimum absolute atomic E-state index is 0. The van der Waals surface area contributed by atoms with Gasteiger partial charge in [0.2, 0.25) is 0 Å². The van der Waals surface area contributed by atoms with Gasteiger partial charge >= 0.3 is 0 Å². The summed E-state index contributed by atoms with van der Waals surface area (Å²) in [6.45, 7) is 7.85. The molecule has 0 unspecified atom stereocenters. The quantitative estimate of drug-likeness (QED) is 0.198. The normalized spacial score (nSPS) is 10.0. The Balaban J connectivity index is 0. The van der Waals surface area contributed by atoms with E-state index in [1.807, 2.05) is 58.0 Å². The van der Waals surface area contributed by atoms with Gasteiger partial charge in [-0.2, -0.15) is 0 Å². The second kappa shape index (κ2) is 18.1. The van der Waals surface area contributed by atoms with Crippen molar-refractivity contribution in [1.82, 2.24) is 0 Å². The summed E-state index contributed by atoms with van der Waals surface area (Å²) in [4.78, 5) is 10.5. The van der Waals surface area contributed by atoms with Gasteiger partial charge in [-0.15, -0.1) is 0 Å². The molecule has 0 radical (unpaired) electrons. The first-order valence-corrected chi connectivity index (χ1v) is 12.0. The molecule has 0 aliphatic heterocycles. The molecule has 0 atom stereocenters. The molecule has 0 aliphatic carbocycles. The highest BCUT2D eigenvalue weighted by Gasteiger charge is 2.12. The average Bonchev–Trinajstić information content (AvgIpc) is 2.75. The Kier molecular flexibility index (Phi) is 18.1. The van der Waals surface area contributed by atoms with Gasteiger partial charge in [0.1, 0.15) is 6.29 Å². The average molecular weight is 620 g/mol. The van der Waals surface area contributed by atoms with Crippen molar-refractivity contribution in [2.45, 2.75) is 61.2 Å². The second-order valence-corrected chi connectivity index (χ2v) is 9.07. The summed E-state index contributed by atoms with van der Waals surface area (Å²) in [5.41, 5.74) is 1.87. The van der Waals surface area contributed by atoms with Gasteiger partial charge in [-0.05, 0) is 69.2 Å². The molecule has 8 heteroatoms. The van der Waals surface area contributed by atoms with Crippen LogP contribution in [0.5, 0.6) is 23.0 Å². The zero-order valence-electron chi connectivity index (χ0n) is 20.1. The number of aldehydes is 1. The third-order valence-electron chi connectivity index (χ3n) is 4.03. The smallest absolute Gasteiger partial charge is 0.162 e. The van der Waals surface area contributed by atoms with Gasteiger partial charge in [-0.1, -0.05) is 46.7 Å². The Bertz CT molecular complexity index is 926. The molecule has 35 heavy (non-hydrogen) atoms. The van der Waals surface area contributed by atoms with Crippen molar-refractivity contribution in [2.75, 3.05) is 21.3 Å². The van der Waals surface area contributed by atoms with E-state index in [1.165, 1.54) is 0 Å². The summed E-state index contributed by atoms with van der Waals surface area (Å²) in [7, 11) is 4.83. The van der Waals surface area contributed by atoms with Gasteiger partial charge in [0, 0.05) is 15.4 Å². The fraction of sp³-hybridized carbons (Fsp3) is 0.444. The van der Waals surface area contributed by atoms with Crippen LogP contribution in [0.4, 0.5) is 0 Å². The van der Waals surface area contributed by atoms with Crippen molar-refractivity contribution >= 4 is 44.2 Å². The maximum Gasteiger partial charge on any atom is 0.162 e. The molecule has 0 spiro atoms. The molecular weight excluding hydrogens is 580 g/mol. The summed E-state index contributed by atoms with van der Waals surface area (Å²) in [6.07, 6.45) is 4.87. The third-order valence-corrected chi connectivity index (χ3v) is 5.45. The van der Waals surface area contributed by atoms with E-state index in [2.05, 4.69) is 31.9 Å². The molecular formula is C27H40Br2O6. The van der Waals surface area contributed by atoms with E-state index >= 15 is 0 Å². The number of hydrogen-bond donors (Lipinski definition) is 0. The van der Waals surface area contributed by atoms with Crippen LogP contribution in [0.25, 0.3) is 6.08 Å². The topological polar surface area (TPSA) is 63.2 Å². The Hall–Kier alpha value is -2.19. The van der Waals surface area contributed by atoms with Crippen LogP contribution in [0.15, 0.2) is 39.5 Å². The summed E-state index contributed by atoms with van der Waals surface area (Å²) < 4.78 is 28.5. The van der Waals surface area contributed by atoms with Crippen molar-refractivity contribution in [3.8, 4) is 23.0 Å². The summed E-state index contributed by atoms with van der Waals surface area (Å²) in [5, 5.41) is 0. The predicted octanol–water partition coefficient (Wildman–Crippen LogP) is 8.12. The monoisotopic (exact) mass is 618 g/mol. The van der Waals surface area contributed by atoms with Crippen molar-refractivity contribution in [2.24, 2.45) is 0 Å². The third kappa shape index (κ3) is 11.9. The van der Waals surface area contributed by atoms with Crippen LogP contribution in [-0.2, 0) is 16.0 Å². The van der Waals surface area contributed by atoms with E-state index in [-0.39, 0.29) is 27.1 Å². The largest absolute Gasteiger partial charge is 0.504 e. The van der Waals surface area contributed by atoms with Crippen LogP contribution >= 0.6 is 31.9 Å². The number of halogens is 2. The summed E-state index contributed by atoms with van der Waals surface area (Å²) in [6, 6.07) is 7.44. The molecule has 6 nitrogen and oxygen atoms in total. The van der Waals surface area contributed by atoms with E-state index < -0.39 is 0 Å². The van der Waals surface area contributed by atoms with Crippen LogP contribution < -0.4 is 18.9 Å². The first kappa shape index (κ1) is 35.0. The lowest BCUT2D eigenvalue weighted by Crippen LogP contribution is -2.07. The van der Waals surface area contributed by atoms with E-state index in [0.29, 0.717) is 23.7 Å². The number of hydrogen-bond acceptors (Lipinski definition) is 6. The lowest BCUT2D eigenvalue weighted by atomic mass is 10.1. The summed E-state index contributed by atoms with van der Waals surface area (Å²) in [5.74, 6) is 2.76. The highest BCUT2D eigenvalue weighted by molar-refractivity contribution is 9.10. The van der Waals surface area contributed by atoms with Crippen molar-refractivity contribution < 1.29 is 28.5 Å². The highest BCUT2D eigenvalue weighted by Crippen LogP contribution is 2.35. The number of methoxy groups -OCH3 is 3. The van der Waals surface area contributed by atoms with E-state index in [9.17, 15) is 4.79 Å². The second-order valence-electron chi connectivity index (χ2n) is 7.36. The molecule has 0 aliphatic rings. The van der Waals surface area contributed by atoms with Gasteiger partial charge in [-0.3, -0.25) is 0 Å². The molecule has 2 aromatic rings. The molecule has 2 aromatic carbocycles. The van der Waals surface area contributed by atoms with Gasteiger partial charge in [0.15, 0.2) is 23.0 Å². The Labute approximate surface area is 228 Å². The number of carbonyl (C=O) groups excluding carboxylic acids is 1. The molecule has 0 saturated carbocycles. The standard InChI is InChI=1S/C13H17BrO3.C12H15BrO3.2CH4/c1-9(2)17-13-7-10(5-6-15-3)11(14)8-12(13)16-4;1-8(2)16-12-6-9(4-5-14)10(13)7-11(12)15-3;;/h5-9H,1-4H3;5-8H,4H2,1-3H3;2*1H4. The van der Waals surface area contributed by atoms with Gasteiger partial charge in [-0.25, -0.2) is 0 Å². The number of carbonyl (C=O) groups is 1. The minimum Gasteiger partial charge on any atom is -0.504 e. The van der Waals surface area contributed by atoms with Crippen LogP contribution in [-0.4, -0.2) is 39.8 Å². The van der Waals surface area contributed by atoms with Crippen LogP contribution in [0.1, 0.15) is 53.7 Å². The number of rotatable bonds is 10. The van der Waals surface area contributed by atoms with E-state index in [0.717, 1.165) is 32.1 Å². The van der Waals surface area contributed by atoms with Crippen LogP contribution in [0.2, 0.25) is 0 Å². The maximum absolute atomic E-state index is 10.5. The zero-order chi connectivity index (χ0) is 25.0. The van der Waals surface area contributed by atoms with Crippen molar-refractivity contribution in [3.63, 3.8) is 0 Å². The van der Waals surface area contributed by atoms with Gasteiger partial charge in [0.05, 0.1) is 39.8 Å². The SMILES string of the molecule is C.C.COC=Cc1cc(OC(C)C)c(OC)cc1Br.COc1cc(Br)c(CC=O)cc1OC(C)C. The van der Waals surface area contributed by atoms with E-state index in [4.69, 9.17) is 23.7 Å². The zero-order valence-corrected chi connectivity index (χ0v) is 23.3. The first-order valence-electron chi connectivity index (χ1n) is 10.4. The van der Waals surface area contributed by atoms with Crippen LogP contribution in [0.3, 0.4) is 0 Å². The molecule has 0 bridgehead atoms. The van der Waals surface area contributed by atoms with Gasteiger partial charge in [0.25, 0.3) is 0 Å². The molecule has 0 aromatic heterocycles. The Morgan fingerprint density at radius 3 is 1.69 bits per heavy atom. The van der Waals surface area contributed by atoms with Crippen molar-refractivity contribution in [3.05, 3.63) is 50.6 Å². The van der Waals surface area contributed by atoms with Crippen LogP contribution in [0, 0.1) is 0 Å². The molecule has 198 valence electrons. The fourth-order valence-corrected chi connectivity index (χ4v) is 3.59. The molecule has 2 rings (SSSR count). The predicted molar refractivity (Wildman–Crippen MR) is 152 cm³/mol. The molecule has 0 fully saturated rings. The highest BCUT2D eigenvalue weighted by atomic mass is 79.9. The van der Waals surface area contributed by atoms with Crippen molar-refractivity contribution in [1.29, 1.82) is 0 Å². The Morgan fingerprint density at radius 2 is 1.26 bits per heavy atom. The lowest BCUT2D eigenvalue weighted by Gasteiger charge is -2.15. The van der Waals surface area contributed by atoms with E-state index in [1.54, 1.807) is 27.6 Å². The molecule has 0 saturated heterocycles. The minimum atomic E-state index is 0. The molecule has 0 heterocycles. The fourth-order valence-electron chi connectivity index (χ4n) is 2.65. The summed E-state index contributed by atoms with van der Waals surface area (Å²) >= 11 is 6.87. The maximum atomic E-state index is 10.5. The Morgan fingerprint density at radius 1 is 0.771 bits per heavy atom. The number of ether oxygens (including phenoxy) is 5. The van der Waals surface area contributed by atoms with Gasteiger partial charge < -0.3 is 28.5 Å².